The van der Waals surface area contributed by atoms with Crippen molar-refractivity contribution < 1.29 is 13.2 Å². The second-order valence-electron chi connectivity index (χ2n) is 2.82. The van der Waals surface area contributed by atoms with E-state index in [1.165, 1.54) is 7.05 Å². The fourth-order valence-electron chi connectivity index (χ4n) is 0.917. The van der Waals surface area contributed by atoms with Gasteiger partial charge in [-0.25, -0.2) is 8.42 Å². The molecular weight excluding hydrogens is 238 g/mol. The Labute approximate surface area is 94.9 Å². The molecule has 0 aliphatic heterocycles. The van der Waals surface area contributed by atoms with Crippen LogP contribution in [0.1, 0.15) is 6.92 Å². The molecule has 0 heterocycles. The molecule has 0 fully saturated rings. The van der Waals surface area contributed by atoms with Gasteiger partial charge in [0.25, 0.3) is 0 Å². The Hall–Kier alpha value is -0.730. The zero-order valence-electron chi connectivity index (χ0n) is 8.69. The van der Waals surface area contributed by atoms with Crippen LogP contribution in [0.4, 0.5) is 0 Å². The molecule has 0 aliphatic rings. The van der Waals surface area contributed by atoms with Gasteiger partial charge in [0, 0.05) is 13.6 Å². The third kappa shape index (κ3) is 5.05. The normalized spacial score (nSPS) is 11.4. The van der Waals surface area contributed by atoms with Crippen LogP contribution in [0.15, 0.2) is 0 Å². The van der Waals surface area contributed by atoms with Crippen molar-refractivity contribution in [2.24, 2.45) is 5.73 Å². The SMILES string of the molecule is CCN(CC(=O)NC)S(=O)(=O)CC(N)=S. The smallest absolute Gasteiger partial charge is 0.235 e. The van der Waals surface area contributed by atoms with Crippen molar-refractivity contribution in [2.45, 2.75) is 6.92 Å². The highest BCUT2D eigenvalue weighted by Gasteiger charge is 2.23. The number of sulfonamides is 1. The van der Waals surface area contributed by atoms with Crippen LogP contribution in [0, 0.1) is 0 Å². The molecule has 8 heteroatoms. The van der Waals surface area contributed by atoms with Crippen LogP contribution in [0.25, 0.3) is 0 Å². The lowest BCUT2D eigenvalue weighted by atomic mass is 10.5. The van der Waals surface area contributed by atoms with Gasteiger partial charge in [-0.15, -0.1) is 0 Å². The van der Waals surface area contributed by atoms with Gasteiger partial charge in [0.1, 0.15) is 5.75 Å². The molecule has 0 saturated carbocycles. The average molecular weight is 253 g/mol. The highest BCUT2D eigenvalue weighted by atomic mass is 32.2. The van der Waals surface area contributed by atoms with E-state index < -0.39 is 15.8 Å². The molecule has 0 aromatic rings. The number of amides is 1. The Bertz CT molecular complexity index is 339. The predicted molar refractivity (Wildman–Crippen MR) is 61.9 cm³/mol. The van der Waals surface area contributed by atoms with E-state index in [1.54, 1.807) is 6.92 Å². The number of carbonyl (C=O) groups is 1. The number of carbonyl (C=O) groups excluding carboxylic acids is 1. The molecule has 0 radical (unpaired) electrons. The van der Waals surface area contributed by atoms with Crippen molar-refractivity contribution in [3.63, 3.8) is 0 Å². The van der Waals surface area contributed by atoms with Gasteiger partial charge in [-0.2, -0.15) is 4.31 Å². The predicted octanol–water partition coefficient (Wildman–Crippen LogP) is -1.33. The van der Waals surface area contributed by atoms with Crippen LogP contribution in [0.5, 0.6) is 0 Å². The van der Waals surface area contributed by atoms with Gasteiger partial charge in [-0.1, -0.05) is 19.1 Å². The molecule has 0 aromatic carbocycles. The van der Waals surface area contributed by atoms with E-state index in [9.17, 15) is 13.2 Å². The van der Waals surface area contributed by atoms with Gasteiger partial charge < -0.3 is 11.1 Å². The van der Waals surface area contributed by atoms with E-state index in [1.807, 2.05) is 0 Å². The van der Waals surface area contributed by atoms with Crippen LogP contribution >= 0.6 is 12.2 Å². The van der Waals surface area contributed by atoms with Crippen molar-refractivity contribution in [2.75, 3.05) is 25.9 Å². The maximum Gasteiger partial charge on any atom is 0.235 e. The summed E-state index contributed by atoms with van der Waals surface area (Å²) in [5, 5.41) is 2.35. The number of likely N-dealkylation sites (N-methyl/N-ethyl adjacent to an activating group) is 2. The van der Waals surface area contributed by atoms with Gasteiger partial charge in [0.15, 0.2) is 0 Å². The zero-order valence-corrected chi connectivity index (χ0v) is 10.3. The maximum absolute atomic E-state index is 11.6. The second-order valence-corrected chi connectivity index (χ2v) is 5.32. The van der Waals surface area contributed by atoms with E-state index in [2.05, 4.69) is 17.5 Å². The molecule has 0 unspecified atom stereocenters. The minimum absolute atomic E-state index is 0.106. The first-order valence-corrected chi connectivity index (χ1v) is 6.32. The maximum atomic E-state index is 11.6. The van der Waals surface area contributed by atoms with Gasteiger partial charge in [-0.3, -0.25) is 4.79 Å². The lowest BCUT2D eigenvalue weighted by molar-refractivity contribution is -0.120. The third-order valence-electron chi connectivity index (χ3n) is 1.67. The number of nitrogens with two attached hydrogens (primary N) is 1. The van der Waals surface area contributed by atoms with Gasteiger partial charge in [0.2, 0.25) is 15.9 Å². The highest BCUT2D eigenvalue weighted by Crippen LogP contribution is 2.00. The molecule has 0 rings (SSSR count). The van der Waals surface area contributed by atoms with Crippen LogP contribution in [-0.2, 0) is 14.8 Å². The number of rotatable bonds is 6. The first-order chi connectivity index (χ1) is 6.83. The molecule has 0 aliphatic carbocycles. The number of thiocarbonyl (C=S) groups is 1. The molecule has 0 spiro atoms. The Morgan fingerprint density at radius 2 is 2.07 bits per heavy atom. The third-order valence-corrected chi connectivity index (χ3v) is 3.85. The van der Waals surface area contributed by atoms with Crippen molar-refractivity contribution >= 4 is 33.1 Å². The summed E-state index contributed by atoms with van der Waals surface area (Å²) in [7, 11) is -2.13. The standard InChI is InChI=1S/C7H15N3O3S2/c1-3-10(4-7(11)9-2)15(12,13)5-6(8)14/h3-5H2,1-2H3,(H2,8,14)(H,9,11). The number of nitrogens with zero attached hydrogens (tertiary/aromatic N) is 1. The van der Waals surface area contributed by atoms with Crippen LogP contribution < -0.4 is 11.1 Å². The van der Waals surface area contributed by atoms with E-state index in [0.29, 0.717) is 0 Å². The second kappa shape index (κ2) is 5.99. The minimum Gasteiger partial charge on any atom is -0.392 e. The van der Waals surface area contributed by atoms with E-state index in [-0.39, 0.29) is 24.0 Å². The summed E-state index contributed by atoms with van der Waals surface area (Å²) in [6, 6.07) is 0. The molecule has 88 valence electrons. The Balaban J connectivity index is 4.66. The van der Waals surface area contributed by atoms with Gasteiger partial charge >= 0.3 is 0 Å². The molecule has 0 bridgehead atoms. The summed E-state index contributed by atoms with van der Waals surface area (Å²) in [6.07, 6.45) is 0. The average Bonchev–Trinajstić information content (AvgIpc) is 2.11. The highest BCUT2D eigenvalue weighted by molar-refractivity contribution is 7.92. The molecule has 0 aromatic heterocycles. The zero-order chi connectivity index (χ0) is 12.1. The number of hydrogen-bond acceptors (Lipinski definition) is 4. The van der Waals surface area contributed by atoms with E-state index in [0.717, 1.165) is 4.31 Å². The minimum atomic E-state index is -3.57. The molecule has 1 amide bonds. The van der Waals surface area contributed by atoms with Crippen LogP contribution in [0.2, 0.25) is 0 Å². The number of nitrogens with one attached hydrogen (secondary N) is 1. The summed E-state index contributed by atoms with van der Waals surface area (Å²) in [5.41, 5.74) is 5.16. The fourth-order valence-corrected chi connectivity index (χ4v) is 2.61. The molecule has 3 N–H and O–H groups in total. The summed E-state index contributed by atoms with van der Waals surface area (Å²) < 4.78 is 24.2. The molecule has 6 nitrogen and oxygen atoms in total. The molecule has 0 atom stereocenters. The van der Waals surface area contributed by atoms with Gasteiger partial charge in [-0.05, 0) is 0 Å². The largest absolute Gasteiger partial charge is 0.392 e. The van der Waals surface area contributed by atoms with Crippen LogP contribution in [0.3, 0.4) is 0 Å². The summed E-state index contributed by atoms with van der Waals surface area (Å²) in [6.45, 7) is 1.64. The first kappa shape index (κ1) is 14.3. The first-order valence-electron chi connectivity index (χ1n) is 4.30. The van der Waals surface area contributed by atoms with E-state index >= 15 is 0 Å². The van der Waals surface area contributed by atoms with Crippen molar-refractivity contribution in [3.8, 4) is 0 Å². The van der Waals surface area contributed by atoms with Crippen LogP contribution in [-0.4, -0.2) is 49.5 Å². The Morgan fingerprint density at radius 1 is 1.53 bits per heavy atom. The Kier molecular flexibility index (Phi) is 5.69. The molecule has 15 heavy (non-hydrogen) atoms. The summed E-state index contributed by atoms with van der Waals surface area (Å²) in [4.78, 5) is 10.9. The quantitative estimate of drug-likeness (QED) is 0.572. The lowest BCUT2D eigenvalue weighted by Crippen LogP contribution is -2.42. The molecular formula is C7H15N3O3S2. The Morgan fingerprint density at radius 3 is 2.40 bits per heavy atom. The van der Waals surface area contributed by atoms with E-state index in [4.69, 9.17) is 5.73 Å². The van der Waals surface area contributed by atoms with Gasteiger partial charge in [0.05, 0.1) is 11.5 Å². The van der Waals surface area contributed by atoms with Crippen molar-refractivity contribution in [3.05, 3.63) is 0 Å². The lowest BCUT2D eigenvalue weighted by Gasteiger charge is -2.18. The fraction of sp³-hybridized carbons (Fsp3) is 0.714. The molecule has 0 saturated heterocycles. The van der Waals surface area contributed by atoms with Crippen molar-refractivity contribution in [1.82, 2.24) is 9.62 Å². The summed E-state index contributed by atoms with van der Waals surface area (Å²) in [5.74, 6) is -0.781. The van der Waals surface area contributed by atoms with Crippen molar-refractivity contribution in [1.29, 1.82) is 0 Å². The topological polar surface area (TPSA) is 92.5 Å². The number of hydrogen-bond donors (Lipinski definition) is 2. The monoisotopic (exact) mass is 253 g/mol. The summed E-state index contributed by atoms with van der Waals surface area (Å²) >= 11 is 4.52.